The van der Waals surface area contributed by atoms with Gasteiger partial charge in [0.2, 0.25) is 0 Å². The first-order valence-electron chi connectivity index (χ1n) is 20.8. The molecule has 0 atom stereocenters. The molecule has 0 bridgehead atoms. The highest BCUT2D eigenvalue weighted by Gasteiger charge is 2.23. The number of hydrogen-bond acceptors (Lipinski definition) is 7. The lowest BCUT2D eigenvalue weighted by atomic mass is 10.0. The first-order chi connectivity index (χ1) is 31.2. The Hall–Kier alpha value is -8.33. The monoisotopic (exact) mass is 824 g/mol. The van der Waals surface area contributed by atoms with Crippen LogP contribution in [0.15, 0.2) is 199 Å². The molecule has 8 aromatic carbocycles. The average Bonchev–Trinajstić information content (AvgIpc) is 4.03. The lowest BCUT2D eigenvalue weighted by molar-refractivity contribution is 0.669. The number of benzene rings is 8. The van der Waals surface area contributed by atoms with Gasteiger partial charge in [-0.3, -0.25) is 0 Å². The molecule has 0 aliphatic rings. The smallest absolute Gasteiger partial charge is 0.166 e. The standard InChI is InChI=1S/C55H32N6OS/c1-3-15-33(16-4-1)49-51-50(41-22-10-14-26-48(41)63-51)57-53(56-49)35-28-30-45(61-43-23-11-7-19-37(43)38-20-8-12-24-44(38)61)42(31-35)55-59-52(34-17-5-2-6-18-34)58-54(60-55)36-27-29-40-39-21-9-13-25-46(39)62-47(40)32-36/h1-32H. The Labute approximate surface area is 364 Å². The summed E-state index contributed by atoms with van der Waals surface area (Å²) in [7, 11) is 0. The summed E-state index contributed by atoms with van der Waals surface area (Å²) in [5.74, 6) is 2.24. The van der Waals surface area contributed by atoms with Crippen LogP contribution in [-0.2, 0) is 0 Å². The molecule has 0 saturated carbocycles. The van der Waals surface area contributed by atoms with E-state index in [4.69, 9.17) is 29.3 Å². The molecule has 0 N–H and O–H groups in total. The number of thiophene rings is 1. The molecule has 0 amide bonds. The van der Waals surface area contributed by atoms with Crippen molar-refractivity contribution in [2.45, 2.75) is 0 Å². The predicted octanol–water partition coefficient (Wildman–Crippen LogP) is 14.4. The van der Waals surface area contributed by atoms with Gasteiger partial charge in [0.25, 0.3) is 0 Å². The third-order valence-corrected chi connectivity index (χ3v) is 13.1. The van der Waals surface area contributed by atoms with E-state index in [1.54, 1.807) is 11.3 Å². The van der Waals surface area contributed by atoms with Gasteiger partial charge in [-0.1, -0.05) is 140 Å². The van der Waals surface area contributed by atoms with Crippen LogP contribution in [-0.4, -0.2) is 29.5 Å². The van der Waals surface area contributed by atoms with E-state index in [-0.39, 0.29) is 0 Å². The molecule has 8 heteroatoms. The van der Waals surface area contributed by atoms with Gasteiger partial charge < -0.3 is 8.98 Å². The van der Waals surface area contributed by atoms with Crippen LogP contribution in [0, 0.1) is 0 Å². The molecular formula is C55H32N6OS. The number of rotatable bonds is 6. The maximum absolute atomic E-state index is 6.36. The fraction of sp³-hybridized carbons (Fsp3) is 0. The summed E-state index contributed by atoms with van der Waals surface area (Å²) in [6.07, 6.45) is 0. The highest BCUT2D eigenvalue weighted by Crippen LogP contribution is 2.42. The first kappa shape index (κ1) is 35.4. The van der Waals surface area contributed by atoms with Gasteiger partial charge in [0.1, 0.15) is 11.2 Å². The highest BCUT2D eigenvalue weighted by atomic mass is 32.1. The maximum atomic E-state index is 6.36. The number of aromatic nitrogens is 6. The Morgan fingerprint density at radius 1 is 0.381 bits per heavy atom. The maximum Gasteiger partial charge on any atom is 0.166 e. The largest absolute Gasteiger partial charge is 0.456 e. The second-order valence-corrected chi connectivity index (χ2v) is 16.7. The van der Waals surface area contributed by atoms with E-state index >= 15 is 0 Å². The topological polar surface area (TPSA) is 82.5 Å². The van der Waals surface area contributed by atoms with Crippen molar-refractivity contribution in [1.82, 2.24) is 29.5 Å². The van der Waals surface area contributed by atoms with E-state index in [0.29, 0.717) is 23.3 Å². The van der Waals surface area contributed by atoms with Gasteiger partial charge in [0.15, 0.2) is 23.3 Å². The Kier molecular flexibility index (Phi) is 7.94. The molecule has 0 aliphatic heterocycles. The molecular weight excluding hydrogens is 793 g/mol. The molecule has 13 aromatic rings. The number of hydrogen-bond donors (Lipinski definition) is 0. The van der Waals surface area contributed by atoms with Crippen LogP contribution in [0.25, 0.3) is 127 Å². The van der Waals surface area contributed by atoms with Gasteiger partial charge in [-0.05, 0) is 54.6 Å². The fourth-order valence-corrected chi connectivity index (χ4v) is 10.1. The van der Waals surface area contributed by atoms with E-state index in [9.17, 15) is 0 Å². The molecule has 0 fully saturated rings. The summed E-state index contributed by atoms with van der Waals surface area (Å²) in [5.41, 5.74) is 10.9. The normalized spacial score (nSPS) is 11.8. The van der Waals surface area contributed by atoms with Crippen LogP contribution in [0.2, 0.25) is 0 Å². The molecule has 0 saturated heterocycles. The molecule has 13 rings (SSSR count). The summed E-state index contributed by atoms with van der Waals surface area (Å²) < 4.78 is 10.9. The van der Waals surface area contributed by atoms with Crippen molar-refractivity contribution < 1.29 is 4.42 Å². The van der Waals surface area contributed by atoms with Crippen molar-refractivity contribution in [3.8, 4) is 62.5 Å². The van der Waals surface area contributed by atoms with Gasteiger partial charge >= 0.3 is 0 Å². The Bertz CT molecular complexity index is 3870. The van der Waals surface area contributed by atoms with Crippen molar-refractivity contribution in [2.24, 2.45) is 0 Å². The quantitative estimate of drug-likeness (QED) is 0.166. The zero-order valence-corrected chi connectivity index (χ0v) is 34.3. The van der Waals surface area contributed by atoms with Crippen LogP contribution < -0.4 is 0 Å². The number of furan rings is 1. The van der Waals surface area contributed by atoms with E-state index < -0.39 is 0 Å². The molecule has 63 heavy (non-hydrogen) atoms. The summed E-state index contributed by atoms with van der Waals surface area (Å²) in [6, 6.07) is 66.8. The summed E-state index contributed by atoms with van der Waals surface area (Å²) in [6.45, 7) is 0. The predicted molar refractivity (Wildman–Crippen MR) is 257 cm³/mol. The van der Waals surface area contributed by atoms with Gasteiger partial charge in [-0.2, -0.15) is 0 Å². The van der Waals surface area contributed by atoms with E-state index in [1.807, 2.05) is 60.7 Å². The third-order valence-electron chi connectivity index (χ3n) is 11.9. The molecule has 294 valence electrons. The zero-order chi connectivity index (χ0) is 41.4. The van der Waals surface area contributed by atoms with Gasteiger partial charge in [-0.15, -0.1) is 11.3 Å². The molecule has 0 spiro atoms. The lowest BCUT2D eigenvalue weighted by Crippen LogP contribution is -2.04. The van der Waals surface area contributed by atoms with Gasteiger partial charge in [-0.25, -0.2) is 24.9 Å². The van der Waals surface area contributed by atoms with Crippen molar-refractivity contribution >= 4 is 75.4 Å². The number of fused-ring (bicyclic) bond motifs is 9. The van der Waals surface area contributed by atoms with Gasteiger partial charge in [0.05, 0.1) is 32.6 Å². The summed E-state index contributed by atoms with van der Waals surface area (Å²) in [5, 5.41) is 5.54. The van der Waals surface area contributed by atoms with E-state index in [1.165, 1.54) is 4.70 Å². The molecule has 7 nitrogen and oxygen atoms in total. The van der Waals surface area contributed by atoms with Crippen LogP contribution in [0.3, 0.4) is 0 Å². The van der Waals surface area contributed by atoms with Crippen molar-refractivity contribution in [3.63, 3.8) is 0 Å². The minimum absolute atomic E-state index is 0.521. The Balaban J connectivity index is 1.10. The summed E-state index contributed by atoms with van der Waals surface area (Å²) in [4.78, 5) is 26.5. The third kappa shape index (κ3) is 5.76. The van der Waals surface area contributed by atoms with Gasteiger partial charge in [0, 0.05) is 59.4 Å². The Morgan fingerprint density at radius 3 is 1.70 bits per heavy atom. The van der Waals surface area contributed by atoms with Crippen LogP contribution in [0.4, 0.5) is 0 Å². The number of nitrogens with zero attached hydrogens (tertiary/aromatic N) is 6. The molecule has 5 heterocycles. The highest BCUT2D eigenvalue weighted by molar-refractivity contribution is 7.26. The minimum atomic E-state index is 0.521. The van der Waals surface area contributed by atoms with E-state index in [2.05, 4.69) is 138 Å². The lowest BCUT2D eigenvalue weighted by Gasteiger charge is -2.16. The van der Waals surface area contributed by atoms with Crippen molar-refractivity contribution in [2.75, 3.05) is 0 Å². The molecule has 5 aromatic heterocycles. The van der Waals surface area contributed by atoms with Crippen molar-refractivity contribution in [1.29, 1.82) is 0 Å². The molecule has 0 radical (unpaired) electrons. The van der Waals surface area contributed by atoms with E-state index in [0.717, 1.165) is 98.5 Å². The van der Waals surface area contributed by atoms with Crippen LogP contribution >= 0.6 is 11.3 Å². The van der Waals surface area contributed by atoms with Crippen molar-refractivity contribution in [3.05, 3.63) is 194 Å². The second kappa shape index (κ2) is 14.1. The minimum Gasteiger partial charge on any atom is -0.456 e. The van der Waals surface area contributed by atoms with Crippen LogP contribution in [0.5, 0.6) is 0 Å². The fourth-order valence-electron chi connectivity index (χ4n) is 8.95. The average molecular weight is 825 g/mol. The summed E-state index contributed by atoms with van der Waals surface area (Å²) >= 11 is 1.73. The molecule has 0 aliphatic carbocycles. The SMILES string of the molecule is c1ccc(-c2nc(-c3ccc4c(c3)oc3ccccc34)nc(-c3cc(-c4nc(-c5ccccc5)c5sc6ccccc6c5n4)ccc3-n3c4ccccc4c4ccccc43)n2)cc1. The Morgan fingerprint density at radius 2 is 0.937 bits per heavy atom. The first-order valence-corrected chi connectivity index (χ1v) is 21.6. The van der Waals surface area contributed by atoms with Crippen LogP contribution in [0.1, 0.15) is 0 Å². The number of para-hydroxylation sites is 3. The zero-order valence-electron chi connectivity index (χ0n) is 33.5. The molecule has 0 unspecified atom stereocenters. The second-order valence-electron chi connectivity index (χ2n) is 15.6.